The molecule has 182 valence electrons. The topological polar surface area (TPSA) is 69.0 Å². The number of aryl methyl sites for hydroxylation is 1. The van der Waals surface area contributed by atoms with Crippen LogP contribution in [0.5, 0.6) is 17.2 Å². The highest BCUT2D eigenvalue weighted by Crippen LogP contribution is 2.42. The van der Waals surface area contributed by atoms with Crippen molar-refractivity contribution in [3.8, 4) is 17.2 Å². The second kappa shape index (κ2) is 8.99. The van der Waals surface area contributed by atoms with Gasteiger partial charge in [0, 0.05) is 11.8 Å². The fourth-order valence-electron chi connectivity index (χ4n) is 4.80. The Kier molecular flexibility index (Phi) is 5.49. The molecule has 0 fully saturated rings. The fraction of sp³-hybridized carbons (Fsp3) is 0.0968. The molecular formula is C31H23NO5. The molecule has 0 saturated heterocycles. The van der Waals surface area contributed by atoms with Gasteiger partial charge in [-0.05, 0) is 61.0 Å². The number of anilines is 1. The lowest BCUT2D eigenvalue weighted by Crippen LogP contribution is -2.29. The average Bonchev–Trinajstić information content (AvgIpc) is 3.22. The summed E-state index contributed by atoms with van der Waals surface area (Å²) in [7, 11) is 1.57. The number of fused-ring (bicyclic) bond motifs is 2. The summed E-state index contributed by atoms with van der Waals surface area (Å²) in [5, 5.41) is 0.445. The smallest absolute Gasteiger partial charge is 0.295 e. The van der Waals surface area contributed by atoms with Gasteiger partial charge in [0.2, 0.25) is 5.76 Å². The zero-order valence-corrected chi connectivity index (χ0v) is 20.3. The molecule has 1 aromatic heterocycles. The van der Waals surface area contributed by atoms with Crippen LogP contribution in [0.15, 0.2) is 106 Å². The quantitative estimate of drug-likeness (QED) is 0.276. The van der Waals surface area contributed by atoms with Crippen molar-refractivity contribution >= 4 is 22.6 Å². The van der Waals surface area contributed by atoms with E-state index in [-0.39, 0.29) is 17.1 Å². The van der Waals surface area contributed by atoms with E-state index < -0.39 is 6.04 Å². The SMILES string of the molecule is COc1cccc(N2C(=O)c3oc4ccc(C)cc4c(=O)c3C2c2cccc(Oc3ccccc3)c2)c1. The van der Waals surface area contributed by atoms with E-state index in [0.717, 1.165) is 11.1 Å². The van der Waals surface area contributed by atoms with Gasteiger partial charge < -0.3 is 13.9 Å². The molecule has 6 rings (SSSR count). The third kappa shape index (κ3) is 3.93. The summed E-state index contributed by atoms with van der Waals surface area (Å²) < 4.78 is 17.6. The number of hydrogen-bond acceptors (Lipinski definition) is 5. The number of nitrogens with zero attached hydrogens (tertiary/aromatic N) is 1. The Balaban J connectivity index is 1.56. The van der Waals surface area contributed by atoms with E-state index in [9.17, 15) is 9.59 Å². The summed E-state index contributed by atoms with van der Waals surface area (Å²) in [5.74, 6) is 1.54. The summed E-state index contributed by atoms with van der Waals surface area (Å²) in [5.41, 5.74) is 2.72. The predicted molar refractivity (Wildman–Crippen MR) is 142 cm³/mol. The van der Waals surface area contributed by atoms with Gasteiger partial charge in [0.25, 0.3) is 5.91 Å². The Hall–Kier alpha value is -4.84. The Bertz CT molecular complexity index is 1710. The maximum Gasteiger partial charge on any atom is 0.295 e. The molecule has 0 bridgehead atoms. The number of amides is 1. The van der Waals surface area contributed by atoms with Crippen LogP contribution in [0.3, 0.4) is 0 Å². The molecule has 1 aliphatic rings. The van der Waals surface area contributed by atoms with Gasteiger partial charge in [0.15, 0.2) is 5.43 Å². The van der Waals surface area contributed by atoms with Crippen molar-refractivity contribution in [3.05, 3.63) is 130 Å². The summed E-state index contributed by atoms with van der Waals surface area (Å²) in [6.07, 6.45) is 0. The third-order valence-corrected chi connectivity index (χ3v) is 6.51. The standard InChI is InChI=1S/C31H23NO5/c1-19-14-15-26-25(16-19)29(33)27-28(20-8-6-13-24(17-20)36-22-10-4-3-5-11-22)32(31(34)30(27)37-26)21-9-7-12-23(18-21)35-2/h3-18,28H,1-2H3. The van der Waals surface area contributed by atoms with Crippen molar-refractivity contribution in [1.29, 1.82) is 0 Å². The van der Waals surface area contributed by atoms with Crippen LogP contribution in [0.2, 0.25) is 0 Å². The van der Waals surface area contributed by atoms with Crippen molar-refractivity contribution in [1.82, 2.24) is 0 Å². The van der Waals surface area contributed by atoms with E-state index >= 15 is 0 Å². The van der Waals surface area contributed by atoms with Crippen LogP contribution in [0.25, 0.3) is 11.0 Å². The van der Waals surface area contributed by atoms with Crippen LogP contribution in [-0.2, 0) is 0 Å². The number of para-hydroxylation sites is 1. The number of benzene rings is 4. The summed E-state index contributed by atoms with van der Waals surface area (Å²) >= 11 is 0. The zero-order valence-electron chi connectivity index (χ0n) is 20.3. The monoisotopic (exact) mass is 489 g/mol. The highest BCUT2D eigenvalue weighted by Gasteiger charge is 2.44. The molecule has 1 aliphatic heterocycles. The minimum atomic E-state index is -0.713. The van der Waals surface area contributed by atoms with Crippen LogP contribution in [0.1, 0.15) is 33.3 Å². The fourth-order valence-corrected chi connectivity index (χ4v) is 4.80. The van der Waals surface area contributed by atoms with Crippen LogP contribution in [0, 0.1) is 6.92 Å². The Morgan fingerprint density at radius 1 is 0.784 bits per heavy atom. The lowest BCUT2D eigenvalue weighted by Gasteiger charge is -2.26. The zero-order chi connectivity index (χ0) is 25.5. The van der Waals surface area contributed by atoms with E-state index in [1.807, 2.05) is 79.7 Å². The van der Waals surface area contributed by atoms with Gasteiger partial charge in [-0.2, -0.15) is 0 Å². The van der Waals surface area contributed by atoms with Gasteiger partial charge in [0.1, 0.15) is 22.8 Å². The Morgan fingerprint density at radius 2 is 1.54 bits per heavy atom. The maximum absolute atomic E-state index is 13.9. The molecule has 1 unspecified atom stereocenters. The largest absolute Gasteiger partial charge is 0.497 e. The van der Waals surface area contributed by atoms with E-state index in [1.165, 1.54) is 0 Å². The van der Waals surface area contributed by atoms with E-state index in [0.29, 0.717) is 39.5 Å². The van der Waals surface area contributed by atoms with Gasteiger partial charge >= 0.3 is 0 Å². The molecule has 6 heteroatoms. The first-order valence-corrected chi connectivity index (χ1v) is 11.9. The number of carbonyl (C=O) groups is 1. The number of rotatable bonds is 5. The highest BCUT2D eigenvalue weighted by molar-refractivity contribution is 6.10. The summed E-state index contributed by atoms with van der Waals surface area (Å²) in [6, 6.07) is 28.8. The van der Waals surface area contributed by atoms with Gasteiger partial charge in [-0.15, -0.1) is 0 Å². The lowest BCUT2D eigenvalue weighted by atomic mass is 9.97. The molecule has 0 saturated carbocycles. The van der Waals surface area contributed by atoms with E-state index in [1.54, 1.807) is 36.3 Å². The van der Waals surface area contributed by atoms with Crippen molar-refractivity contribution in [2.45, 2.75) is 13.0 Å². The van der Waals surface area contributed by atoms with Gasteiger partial charge in [-0.1, -0.05) is 48.0 Å². The Labute approximate surface area is 213 Å². The van der Waals surface area contributed by atoms with Crippen molar-refractivity contribution in [2.24, 2.45) is 0 Å². The third-order valence-electron chi connectivity index (χ3n) is 6.51. The summed E-state index contributed by atoms with van der Waals surface area (Å²) in [4.78, 5) is 29.3. The molecule has 5 aromatic rings. The minimum absolute atomic E-state index is 0.0450. The minimum Gasteiger partial charge on any atom is -0.497 e. The first-order valence-electron chi connectivity index (χ1n) is 11.9. The van der Waals surface area contributed by atoms with Gasteiger partial charge in [0.05, 0.1) is 24.1 Å². The van der Waals surface area contributed by atoms with Crippen LogP contribution in [-0.4, -0.2) is 13.0 Å². The number of methoxy groups -OCH3 is 1. The molecule has 4 aromatic carbocycles. The number of hydrogen-bond donors (Lipinski definition) is 0. The molecular weight excluding hydrogens is 466 g/mol. The van der Waals surface area contributed by atoms with Crippen molar-refractivity contribution in [3.63, 3.8) is 0 Å². The maximum atomic E-state index is 13.9. The van der Waals surface area contributed by atoms with Crippen LogP contribution in [0.4, 0.5) is 5.69 Å². The molecule has 1 atom stereocenters. The van der Waals surface area contributed by atoms with Crippen LogP contribution >= 0.6 is 0 Å². The van der Waals surface area contributed by atoms with Crippen LogP contribution < -0.4 is 19.8 Å². The summed E-state index contributed by atoms with van der Waals surface area (Å²) in [6.45, 7) is 1.92. The second-order valence-corrected chi connectivity index (χ2v) is 8.94. The highest BCUT2D eigenvalue weighted by atomic mass is 16.5. The normalized spacial score (nSPS) is 14.6. The molecule has 2 heterocycles. The molecule has 37 heavy (non-hydrogen) atoms. The molecule has 0 aliphatic carbocycles. The first kappa shape index (κ1) is 22.6. The average molecular weight is 490 g/mol. The van der Waals surface area contributed by atoms with Gasteiger partial charge in [-0.25, -0.2) is 0 Å². The Morgan fingerprint density at radius 3 is 2.35 bits per heavy atom. The first-order chi connectivity index (χ1) is 18.0. The van der Waals surface area contributed by atoms with Gasteiger partial charge in [-0.3, -0.25) is 14.5 Å². The van der Waals surface area contributed by atoms with Crippen molar-refractivity contribution < 1.29 is 18.7 Å². The molecule has 0 radical (unpaired) electrons. The van der Waals surface area contributed by atoms with E-state index in [4.69, 9.17) is 13.9 Å². The van der Waals surface area contributed by atoms with Crippen molar-refractivity contribution in [2.75, 3.05) is 12.0 Å². The van der Waals surface area contributed by atoms with E-state index in [2.05, 4.69) is 0 Å². The second-order valence-electron chi connectivity index (χ2n) is 8.94. The molecule has 0 N–H and O–H groups in total. The lowest BCUT2D eigenvalue weighted by molar-refractivity contribution is 0.0971. The molecule has 6 nitrogen and oxygen atoms in total. The molecule has 1 amide bonds. The predicted octanol–water partition coefficient (Wildman–Crippen LogP) is 6.65. The number of ether oxygens (including phenoxy) is 2. The number of carbonyl (C=O) groups excluding carboxylic acids is 1. The molecule has 0 spiro atoms.